The maximum Gasteiger partial charge on any atom is 0.196 e. The Bertz CT molecular complexity index is 1380. The summed E-state index contributed by atoms with van der Waals surface area (Å²) in [6.07, 6.45) is 8.11. The number of aromatic nitrogens is 8. The molecular formula is C44H76N8Si. The Kier molecular flexibility index (Phi) is 14.6. The van der Waals surface area contributed by atoms with Crippen LogP contribution in [0.5, 0.6) is 0 Å². The first-order chi connectivity index (χ1) is 25.3. The minimum absolute atomic E-state index is 0.258. The fourth-order valence-electron chi connectivity index (χ4n) is 8.25. The van der Waals surface area contributed by atoms with Gasteiger partial charge in [-0.15, -0.1) is 0 Å². The lowest BCUT2D eigenvalue weighted by Gasteiger charge is -2.40. The zero-order valence-electron chi connectivity index (χ0n) is 36.6. The normalized spacial score (nSPS) is 18.0. The molecule has 0 amide bonds. The summed E-state index contributed by atoms with van der Waals surface area (Å²) in [6.45, 7) is 37.8. The highest BCUT2D eigenvalue weighted by Crippen LogP contribution is 2.36. The van der Waals surface area contributed by atoms with Gasteiger partial charge in [-0.3, -0.25) is 20.4 Å². The Morgan fingerprint density at radius 3 is 0.642 bits per heavy atom. The van der Waals surface area contributed by atoms with E-state index in [1.54, 1.807) is 0 Å². The molecule has 0 aromatic carbocycles. The molecule has 53 heavy (non-hydrogen) atoms. The molecule has 4 aromatic rings. The molecule has 8 nitrogen and oxygen atoms in total. The molecule has 0 spiro atoms. The second-order valence-electron chi connectivity index (χ2n) is 16.8. The van der Waals surface area contributed by atoms with Crippen LogP contribution < -0.4 is 20.7 Å². The first kappa shape index (κ1) is 42.8. The van der Waals surface area contributed by atoms with Crippen LogP contribution in [-0.4, -0.2) is 48.9 Å². The van der Waals surface area contributed by atoms with Gasteiger partial charge in [-0.2, -0.15) is 20.4 Å². The molecule has 0 saturated heterocycles. The van der Waals surface area contributed by atoms with E-state index in [1.165, 1.54) is 66.3 Å². The van der Waals surface area contributed by atoms with E-state index in [0.29, 0.717) is 0 Å². The molecule has 4 aromatic heterocycles. The van der Waals surface area contributed by atoms with Crippen molar-refractivity contribution in [2.75, 3.05) is 0 Å². The quantitative estimate of drug-likeness (QED) is 0.0675. The zero-order chi connectivity index (χ0) is 39.4. The number of nitrogens with one attached hydrogen (secondary N) is 4. The van der Waals surface area contributed by atoms with Crippen molar-refractivity contribution in [3.8, 4) is 0 Å². The summed E-state index contributed by atoms with van der Waals surface area (Å²) in [5.74, 6) is 2.16. The smallest absolute Gasteiger partial charge is 0.196 e. The Hall–Kier alpha value is -2.94. The van der Waals surface area contributed by atoms with Gasteiger partial charge < -0.3 is 0 Å². The predicted molar refractivity (Wildman–Crippen MR) is 228 cm³/mol. The van der Waals surface area contributed by atoms with Gasteiger partial charge in [0.25, 0.3) is 0 Å². The van der Waals surface area contributed by atoms with Crippen LogP contribution in [0.2, 0.25) is 0 Å². The Labute approximate surface area is 323 Å². The Morgan fingerprint density at radius 2 is 0.491 bits per heavy atom. The van der Waals surface area contributed by atoms with E-state index in [1.807, 2.05) is 0 Å². The van der Waals surface area contributed by atoms with E-state index in [2.05, 4.69) is 131 Å². The van der Waals surface area contributed by atoms with Crippen LogP contribution in [0.25, 0.3) is 0 Å². The topological polar surface area (TPSA) is 115 Å². The molecule has 0 aliphatic carbocycles. The number of hydrogen-bond acceptors (Lipinski definition) is 4. The third-order valence-electron chi connectivity index (χ3n) is 13.5. The Balaban J connectivity index is 2.64. The van der Waals surface area contributed by atoms with Crippen molar-refractivity contribution in [1.29, 1.82) is 0 Å². The number of H-pyrrole nitrogens is 4. The average Bonchev–Trinajstić information content (AvgIpc) is 4.01. The van der Waals surface area contributed by atoms with E-state index in [4.69, 9.17) is 20.4 Å². The molecule has 0 fully saturated rings. The van der Waals surface area contributed by atoms with Gasteiger partial charge in [-0.25, -0.2) is 0 Å². The highest BCUT2D eigenvalue weighted by Gasteiger charge is 2.57. The number of nitrogens with zero attached hydrogens (tertiary/aromatic N) is 4. The zero-order valence-corrected chi connectivity index (χ0v) is 37.6. The standard InChI is InChI=1S/C44H76N8Si/c1-17-25(9)33-41(34(46-45-33)26(10)18-2)53(42-35(27(11)19-3)47-48-36(42)28(12)20-4,43-37(29(13)21-5)49-50-38(43)30(14)22-6)44-39(31(15)23-7)51-52-40(44)32(16)24-8/h25-32H,17-24H2,1-16H3,(H,45,46)(H,47,48)(H,49,50)(H,51,52). The highest BCUT2D eigenvalue weighted by molar-refractivity contribution is 7.21. The van der Waals surface area contributed by atoms with Crippen LogP contribution >= 0.6 is 0 Å². The van der Waals surface area contributed by atoms with Gasteiger partial charge in [0.1, 0.15) is 0 Å². The maximum atomic E-state index is 5.44. The number of aromatic amines is 4. The minimum Gasteiger partial charge on any atom is -0.282 e. The van der Waals surface area contributed by atoms with Crippen LogP contribution in [0, 0.1) is 0 Å². The third kappa shape index (κ3) is 7.41. The fraction of sp³-hybridized carbons (Fsp3) is 0.727. The van der Waals surface area contributed by atoms with E-state index in [9.17, 15) is 0 Å². The molecule has 0 aliphatic heterocycles. The first-order valence-corrected chi connectivity index (χ1v) is 23.6. The summed E-state index contributed by atoms with van der Waals surface area (Å²) in [5, 5.41) is 42.7. The van der Waals surface area contributed by atoms with Gasteiger partial charge in [-0.05, 0) is 119 Å². The van der Waals surface area contributed by atoms with Crippen LogP contribution in [0.1, 0.15) is 255 Å². The lowest BCUT2D eigenvalue weighted by Crippen LogP contribution is -2.79. The van der Waals surface area contributed by atoms with Crippen LogP contribution in [0.3, 0.4) is 0 Å². The van der Waals surface area contributed by atoms with Gasteiger partial charge in [0, 0.05) is 22.8 Å². The predicted octanol–water partition coefficient (Wildman–Crippen LogP) is 10.1. The molecule has 9 heteroatoms. The molecule has 8 unspecified atom stereocenters. The van der Waals surface area contributed by atoms with Crippen LogP contribution in [-0.2, 0) is 0 Å². The second-order valence-corrected chi connectivity index (χ2v) is 20.3. The lowest BCUT2D eigenvalue weighted by molar-refractivity contribution is 0.695. The van der Waals surface area contributed by atoms with Gasteiger partial charge in [-0.1, -0.05) is 111 Å². The highest BCUT2D eigenvalue weighted by atomic mass is 28.3. The second kappa shape index (κ2) is 18.1. The van der Waals surface area contributed by atoms with E-state index < -0.39 is 8.07 Å². The molecule has 0 saturated carbocycles. The molecule has 0 radical (unpaired) electrons. The van der Waals surface area contributed by atoms with Gasteiger partial charge in [0.2, 0.25) is 0 Å². The average molecular weight is 745 g/mol. The van der Waals surface area contributed by atoms with E-state index in [0.717, 1.165) is 51.4 Å². The Morgan fingerprint density at radius 1 is 0.321 bits per heavy atom. The lowest BCUT2D eigenvalue weighted by atomic mass is 9.99. The van der Waals surface area contributed by atoms with E-state index in [-0.39, 0.29) is 47.3 Å². The van der Waals surface area contributed by atoms with Crippen LogP contribution in [0.15, 0.2) is 0 Å². The van der Waals surface area contributed by atoms with Crippen molar-refractivity contribution < 1.29 is 0 Å². The van der Waals surface area contributed by atoms with Crippen molar-refractivity contribution in [3.05, 3.63) is 45.6 Å². The van der Waals surface area contributed by atoms with Crippen molar-refractivity contribution in [3.63, 3.8) is 0 Å². The summed E-state index contributed by atoms with van der Waals surface area (Å²) in [5.41, 5.74) is 10.0. The summed E-state index contributed by atoms with van der Waals surface area (Å²) in [7, 11) is -3.45. The number of hydrogen-bond donors (Lipinski definition) is 4. The van der Waals surface area contributed by atoms with E-state index >= 15 is 0 Å². The maximum absolute atomic E-state index is 5.44. The fourth-order valence-corrected chi connectivity index (χ4v) is 15.3. The van der Waals surface area contributed by atoms with Gasteiger partial charge in [0.15, 0.2) is 8.07 Å². The number of rotatable bonds is 20. The molecular weight excluding hydrogens is 669 g/mol. The SMILES string of the molecule is CCC(C)c1n[nH]c(C(C)CC)c1[Si](c1c(C(C)CC)n[nH]c1C(C)CC)(c1c(C(C)CC)n[nH]c1C(C)CC)c1c(C(C)CC)n[nH]c1C(C)CC. The van der Waals surface area contributed by atoms with Gasteiger partial charge in [0.05, 0.1) is 22.8 Å². The first-order valence-electron chi connectivity index (χ1n) is 21.6. The summed E-state index contributed by atoms with van der Waals surface area (Å²) >= 11 is 0. The molecule has 4 N–H and O–H groups in total. The summed E-state index contributed by atoms with van der Waals surface area (Å²) in [4.78, 5) is 0. The summed E-state index contributed by atoms with van der Waals surface area (Å²) in [6, 6.07) is 0. The summed E-state index contributed by atoms with van der Waals surface area (Å²) < 4.78 is 0. The monoisotopic (exact) mass is 745 g/mol. The molecule has 296 valence electrons. The largest absolute Gasteiger partial charge is 0.282 e. The molecule has 0 aliphatic rings. The van der Waals surface area contributed by atoms with Gasteiger partial charge >= 0.3 is 0 Å². The molecule has 4 rings (SSSR count). The molecule has 4 heterocycles. The van der Waals surface area contributed by atoms with Crippen molar-refractivity contribution in [2.45, 2.75) is 209 Å². The minimum atomic E-state index is -3.45. The van der Waals surface area contributed by atoms with Crippen LogP contribution in [0.4, 0.5) is 0 Å². The third-order valence-corrected chi connectivity index (χ3v) is 18.6. The van der Waals surface area contributed by atoms with Crippen molar-refractivity contribution in [1.82, 2.24) is 40.8 Å². The van der Waals surface area contributed by atoms with Crippen molar-refractivity contribution in [2.24, 2.45) is 0 Å². The molecule has 0 bridgehead atoms. The van der Waals surface area contributed by atoms with Crippen molar-refractivity contribution >= 4 is 28.8 Å². The molecule has 8 atom stereocenters.